The van der Waals surface area contributed by atoms with E-state index in [2.05, 4.69) is 0 Å². The fourth-order valence-corrected chi connectivity index (χ4v) is 1.77. The van der Waals surface area contributed by atoms with Gasteiger partial charge in [-0.15, -0.1) is 0 Å². The van der Waals surface area contributed by atoms with Crippen LogP contribution < -0.4 is 0 Å². The van der Waals surface area contributed by atoms with E-state index in [0.29, 0.717) is 0 Å². The van der Waals surface area contributed by atoms with E-state index < -0.39 is 0 Å². The van der Waals surface area contributed by atoms with Crippen molar-refractivity contribution in [2.75, 3.05) is 6.61 Å². The normalized spacial score (nSPS) is 20.6. The van der Waals surface area contributed by atoms with E-state index in [1.54, 1.807) is 18.4 Å². The van der Waals surface area contributed by atoms with E-state index in [1.165, 1.54) is 12.1 Å². The lowest BCUT2D eigenvalue weighted by atomic mass is 10.1. The third-order valence-electron chi connectivity index (χ3n) is 2.73. The summed E-state index contributed by atoms with van der Waals surface area (Å²) in [6, 6.07) is 6.48. The zero-order chi connectivity index (χ0) is 11.9. The molecule has 1 aromatic rings. The quantitative estimate of drug-likeness (QED) is 0.746. The van der Waals surface area contributed by atoms with Gasteiger partial charge in [-0.05, 0) is 43.0 Å². The summed E-state index contributed by atoms with van der Waals surface area (Å²) >= 11 is 0. The van der Waals surface area contributed by atoms with Crippen LogP contribution in [0.5, 0.6) is 0 Å². The zero-order valence-corrected chi connectivity index (χ0v) is 9.77. The van der Waals surface area contributed by atoms with E-state index in [9.17, 15) is 4.39 Å². The van der Waals surface area contributed by atoms with Gasteiger partial charge in [0.15, 0.2) is 6.29 Å². The highest BCUT2D eigenvalue weighted by atomic mass is 19.1. The molecule has 1 aliphatic rings. The number of benzene rings is 1. The lowest BCUT2D eigenvalue weighted by molar-refractivity contribution is -0.129. The van der Waals surface area contributed by atoms with Crippen LogP contribution in [0, 0.1) is 5.82 Å². The molecular weight excluding hydrogens is 219 g/mol. The number of ether oxygens (including phenoxy) is 2. The smallest absolute Gasteiger partial charge is 0.198 e. The maximum atomic E-state index is 12.7. The summed E-state index contributed by atoms with van der Waals surface area (Å²) in [6.45, 7) is 0.788. The van der Waals surface area contributed by atoms with Crippen LogP contribution in [0.2, 0.25) is 0 Å². The molecule has 1 unspecified atom stereocenters. The van der Waals surface area contributed by atoms with Crippen molar-refractivity contribution < 1.29 is 13.9 Å². The molecule has 1 heterocycles. The van der Waals surface area contributed by atoms with E-state index in [0.717, 1.165) is 37.9 Å². The zero-order valence-electron chi connectivity index (χ0n) is 9.77. The molecule has 0 N–H and O–H groups in total. The van der Waals surface area contributed by atoms with Crippen molar-refractivity contribution in [1.82, 2.24) is 0 Å². The summed E-state index contributed by atoms with van der Waals surface area (Å²) in [5.41, 5.74) is 1.07. The van der Waals surface area contributed by atoms with Gasteiger partial charge in [0.25, 0.3) is 0 Å². The molecule has 0 spiro atoms. The van der Waals surface area contributed by atoms with Crippen molar-refractivity contribution >= 4 is 0 Å². The predicted molar refractivity (Wildman–Crippen MR) is 63.9 cm³/mol. The molecule has 1 saturated heterocycles. The van der Waals surface area contributed by atoms with Gasteiger partial charge in [0.2, 0.25) is 0 Å². The van der Waals surface area contributed by atoms with Gasteiger partial charge in [-0.25, -0.2) is 4.39 Å². The van der Waals surface area contributed by atoms with Crippen LogP contribution >= 0.6 is 0 Å². The predicted octanol–water partition coefficient (Wildman–Crippen LogP) is 3.43. The molecule has 0 saturated carbocycles. The van der Waals surface area contributed by atoms with Crippen LogP contribution in [-0.4, -0.2) is 12.9 Å². The van der Waals surface area contributed by atoms with Crippen molar-refractivity contribution in [3.63, 3.8) is 0 Å². The molecule has 2 nitrogen and oxygen atoms in total. The lowest BCUT2D eigenvalue weighted by Gasteiger charge is -2.21. The molecule has 0 bridgehead atoms. The molecule has 0 radical (unpaired) electrons. The molecule has 0 amide bonds. The number of hydrogen-bond acceptors (Lipinski definition) is 2. The lowest BCUT2D eigenvalue weighted by Crippen LogP contribution is -2.19. The third-order valence-corrected chi connectivity index (χ3v) is 2.73. The largest absolute Gasteiger partial charge is 0.473 e. The van der Waals surface area contributed by atoms with Crippen molar-refractivity contribution in [3.05, 3.63) is 48.0 Å². The number of allylic oxidation sites excluding steroid dienone is 1. The first kappa shape index (κ1) is 12.1. The number of rotatable bonds is 4. The first-order chi connectivity index (χ1) is 8.34. The summed E-state index contributed by atoms with van der Waals surface area (Å²) in [5.74, 6) is -0.204. The Kier molecular flexibility index (Phi) is 4.56. The van der Waals surface area contributed by atoms with Crippen LogP contribution in [-0.2, 0) is 15.9 Å². The Morgan fingerprint density at radius 1 is 1.29 bits per heavy atom. The number of hydrogen-bond donors (Lipinski definition) is 0. The molecule has 17 heavy (non-hydrogen) atoms. The van der Waals surface area contributed by atoms with Gasteiger partial charge < -0.3 is 9.47 Å². The molecule has 0 aliphatic carbocycles. The molecule has 92 valence electrons. The van der Waals surface area contributed by atoms with Crippen molar-refractivity contribution in [1.29, 1.82) is 0 Å². The molecular formula is C14H17FO2. The van der Waals surface area contributed by atoms with Crippen molar-refractivity contribution in [2.24, 2.45) is 0 Å². The van der Waals surface area contributed by atoms with E-state index in [1.807, 2.05) is 6.08 Å². The second-order valence-electron chi connectivity index (χ2n) is 4.13. The maximum Gasteiger partial charge on any atom is 0.198 e. The summed E-state index contributed by atoms with van der Waals surface area (Å²) < 4.78 is 23.5. The van der Waals surface area contributed by atoms with E-state index in [-0.39, 0.29) is 12.1 Å². The van der Waals surface area contributed by atoms with Gasteiger partial charge in [-0.2, -0.15) is 0 Å². The van der Waals surface area contributed by atoms with E-state index >= 15 is 0 Å². The fourth-order valence-electron chi connectivity index (χ4n) is 1.77. The highest BCUT2D eigenvalue weighted by Crippen LogP contribution is 2.14. The standard InChI is InChI=1S/C14H17FO2/c15-13-8-6-12(7-9-13)4-3-11-17-14-5-1-2-10-16-14/h3,6-9,11,14H,1-2,4-5,10H2/b11-3-. The van der Waals surface area contributed by atoms with Gasteiger partial charge in [0.1, 0.15) is 5.82 Å². The van der Waals surface area contributed by atoms with E-state index in [4.69, 9.17) is 9.47 Å². The summed E-state index contributed by atoms with van der Waals surface area (Å²) in [5, 5.41) is 0. The van der Waals surface area contributed by atoms with Crippen LogP contribution in [0.1, 0.15) is 24.8 Å². The number of halogens is 1. The Bertz CT molecular complexity index is 353. The Hall–Kier alpha value is -1.35. The van der Waals surface area contributed by atoms with Gasteiger partial charge in [0.05, 0.1) is 12.9 Å². The second-order valence-corrected chi connectivity index (χ2v) is 4.13. The van der Waals surface area contributed by atoms with Gasteiger partial charge in [0, 0.05) is 6.42 Å². The van der Waals surface area contributed by atoms with Crippen LogP contribution in [0.4, 0.5) is 4.39 Å². The average Bonchev–Trinajstić information content (AvgIpc) is 2.38. The first-order valence-corrected chi connectivity index (χ1v) is 6.01. The molecule has 3 heteroatoms. The molecule has 1 fully saturated rings. The second kappa shape index (κ2) is 6.40. The Morgan fingerprint density at radius 3 is 2.82 bits per heavy atom. The van der Waals surface area contributed by atoms with Gasteiger partial charge >= 0.3 is 0 Å². The summed E-state index contributed by atoms with van der Waals surface area (Å²) in [7, 11) is 0. The highest BCUT2D eigenvalue weighted by molar-refractivity contribution is 5.18. The van der Waals surface area contributed by atoms with Crippen LogP contribution in [0.15, 0.2) is 36.6 Å². The van der Waals surface area contributed by atoms with Gasteiger partial charge in [-0.1, -0.05) is 12.1 Å². The Morgan fingerprint density at radius 2 is 2.12 bits per heavy atom. The highest BCUT2D eigenvalue weighted by Gasteiger charge is 2.12. The molecule has 1 aromatic carbocycles. The minimum atomic E-state index is -0.204. The molecule has 1 atom stereocenters. The molecule has 0 aromatic heterocycles. The molecule has 2 rings (SSSR count). The monoisotopic (exact) mass is 236 g/mol. The Labute approximate surface area is 101 Å². The van der Waals surface area contributed by atoms with Gasteiger partial charge in [-0.3, -0.25) is 0 Å². The molecule has 1 aliphatic heterocycles. The third kappa shape index (κ3) is 4.19. The van der Waals surface area contributed by atoms with Crippen molar-refractivity contribution in [2.45, 2.75) is 32.0 Å². The van der Waals surface area contributed by atoms with Crippen LogP contribution in [0.3, 0.4) is 0 Å². The minimum absolute atomic E-state index is 0.0896. The fraction of sp³-hybridized carbons (Fsp3) is 0.429. The summed E-state index contributed by atoms with van der Waals surface area (Å²) in [4.78, 5) is 0. The Balaban J connectivity index is 1.72. The minimum Gasteiger partial charge on any atom is -0.473 e. The topological polar surface area (TPSA) is 18.5 Å². The van der Waals surface area contributed by atoms with Crippen molar-refractivity contribution in [3.8, 4) is 0 Å². The maximum absolute atomic E-state index is 12.7. The SMILES string of the molecule is Fc1ccc(C/C=C\OC2CCCCO2)cc1. The summed E-state index contributed by atoms with van der Waals surface area (Å²) in [6.07, 6.45) is 7.50. The average molecular weight is 236 g/mol. The first-order valence-electron chi connectivity index (χ1n) is 6.01. The van der Waals surface area contributed by atoms with Crippen LogP contribution in [0.25, 0.3) is 0 Å².